The van der Waals surface area contributed by atoms with Crippen LogP contribution in [0, 0.1) is 49.0 Å². The van der Waals surface area contributed by atoms with Crippen molar-refractivity contribution in [3.8, 4) is 52.2 Å². The van der Waals surface area contributed by atoms with E-state index in [2.05, 4.69) is 193 Å². The van der Waals surface area contributed by atoms with Gasteiger partial charge in [0.15, 0.2) is 11.6 Å². The number of benzene rings is 8. The number of aromatic nitrogens is 6. The topological polar surface area (TPSA) is 118 Å². The van der Waals surface area contributed by atoms with Crippen molar-refractivity contribution in [2.75, 3.05) is 0 Å². The average Bonchev–Trinajstić information content (AvgIpc) is 1.58. The molecule has 4 aromatic heterocycles. The second kappa shape index (κ2) is 21.4. The number of nitrogens with zero attached hydrogens (tertiary/aromatic N) is 12. The van der Waals surface area contributed by atoms with E-state index in [9.17, 15) is 10.5 Å². The molecular weight excluding hydrogens is 1140 g/mol. The summed E-state index contributed by atoms with van der Waals surface area (Å²) >= 11 is 0. The molecule has 458 valence electrons. The number of fused-ring (bicyclic) bond motifs is 9. The van der Waals surface area contributed by atoms with Crippen LogP contribution in [0.2, 0.25) is 0 Å². The van der Waals surface area contributed by atoms with Crippen LogP contribution < -0.4 is 0 Å². The summed E-state index contributed by atoms with van der Waals surface area (Å²) in [6.45, 7) is 74.0. The zero-order valence-corrected chi connectivity index (χ0v) is 56.4. The van der Waals surface area contributed by atoms with E-state index < -0.39 is 0 Å². The van der Waals surface area contributed by atoms with Crippen molar-refractivity contribution >= 4 is 88.2 Å². The third-order valence-corrected chi connectivity index (χ3v) is 18.3. The quantitative estimate of drug-likeness (QED) is 0.159. The predicted octanol–water partition coefficient (Wildman–Crippen LogP) is 22.2. The van der Waals surface area contributed by atoms with Gasteiger partial charge in [-0.2, -0.15) is 20.5 Å². The fourth-order valence-electron chi connectivity index (χ4n) is 12.9. The minimum Gasteiger partial charge on any atom is -0.328 e. The first-order chi connectivity index (χ1) is 43.6. The molecule has 93 heavy (non-hydrogen) atoms. The lowest BCUT2D eigenvalue weighted by Crippen LogP contribution is -2.12. The minimum atomic E-state index is -0.372. The highest BCUT2D eigenvalue weighted by molar-refractivity contribution is 6.19. The van der Waals surface area contributed by atoms with Crippen LogP contribution in [0.3, 0.4) is 0 Å². The van der Waals surface area contributed by atoms with E-state index in [1.54, 1.807) is 0 Å². The lowest BCUT2D eigenvalue weighted by Gasteiger charge is -2.21. The van der Waals surface area contributed by atoms with Gasteiger partial charge in [0.05, 0.1) is 81.9 Å². The Labute approximate surface area is 545 Å². The maximum absolute atomic E-state index is 11.5. The van der Waals surface area contributed by atoms with Gasteiger partial charge in [-0.15, -0.1) is 0 Å². The van der Waals surface area contributed by atoms with E-state index in [1.807, 2.05) is 98.6 Å². The largest absolute Gasteiger partial charge is 0.328 e. The zero-order valence-electron chi connectivity index (χ0n) is 56.4. The molecule has 0 bridgehead atoms. The molecule has 8 aromatic carbocycles. The molecule has 0 radical (unpaired) electrons. The normalized spacial score (nSPS) is 12.6. The van der Waals surface area contributed by atoms with Gasteiger partial charge in [0.1, 0.15) is 12.1 Å². The van der Waals surface area contributed by atoms with Crippen LogP contribution in [0.4, 0.5) is 22.7 Å². The third kappa shape index (κ3) is 10.2. The summed E-state index contributed by atoms with van der Waals surface area (Å²) in [4.78, 5) is 33.9. The lowest BCUT2D eigenvalue weighted by molar-refractivity contribution is 0.590. The highest BCUT2D eigenvalue weighted by Gasteiger charge is 2.33. The summed E-state index contributed by atoms with van der Waals surface area (Å²) in [6, 6.07) is 45.3. The summed E-state index contributed by atoms with van der Waals surface area (Å²) < 4.78 is 5.93. The van der Waals surface area contributed by atoms with E-state index >= 15 is 0 Å². The van der Waals surface area contributed by atoms with Crippen molar-refractivity contribution in [3.63, 3.8) is 0 Å². The molecule has 0 fully saturated rings. The van der Waals surface area contributed by atoms with Crippen LogP contribution in [-0.4, -0.2) is 28.7 Å². The van der Waals surface area contributed by atoms with Gasteiger partial charge in [0.25, 0.3) is 0 Å². The molecule has 0 amide bonds. The average molecular weight is 1220 g/mol. The Morgan fingerprint density at radius 2 is 0.570 bits per heavy atom. The fraction of sp³-hybridized carbons (Fsp3) is 0.296. The van der Waals surface area contributed by atoms with Gasteiger partial charge in [-0.1, -0.05) is 220 Å². The van der Waals surface area contributed by atoms with Crippen molar-refractivity contribution in [1.82, 2.24) is 28.7 Å². The number of rotatable bonds is 5. The molecule has 0 atom stereocenters. The molecule has 0 saturated carbocycles. The molecule has 12 heteroatoms. The maximum Gasteiger partial charge on any atom is 0.237 e. The molecule has 0 spiro atoms. The molecule has 0 unspecified atom stereocenters. The molecule has 0 aliphatic rings. The number of para-hydroxylation sites is 2. The van der Waals surface area contributed by atoms with Gasteiger partial charge in [0.2, 0.25) is 28.7 Å². The van der Waals surface area contributed by atoms with Crippen LogP contribution in [-0.2, 0) is 32.5 Å². The van der Waals surface area contributed by atoms with Crippen LogP contribution in [0.1, 0.15) is 169 Å². The number of nitriles is 2. The maximum atomic E-state index is 11.5. The van der Waals surface area contributed by atoms with Crippen molar-refractivity contribution in [3.05, 3.63) is 212 Å². The SMILES string of the molecule is [C-]#[N+]c1cc(C(C)(C)C)cc2c3cc(C(C)(C)C)cc(C#N)c3n(-c3nc(-c4ccccc4-n4c5c(C#N)cc(C(C)(C)C)cc5c5cc(C(C)(C)C)cc([N+]#[C-])c54)nc(-c4ccccc4-n4c5c([N+]#[C-])cc(C(C)(C)C)cc5c5cc(C(C)(C)C)cc([N+]#[C-])c54)n3)c12. The van der Waals surface area contributed by atoms with E-state index in [4.69, 9.17) is 41.2 Å². The van der Waals surface area contributed by atoms with Gasteiger partial charge in [0, 0.05) is 21.9 Å². The summed E-state index contributed by atoms with van der Waals surface area (Å²) in [5.74, 6) is 0.542. The van der Waals surface area contributed by atoms with Crippen molar-refractivity contribution in [2.24, 2.45) is 0 Å². The third-order valence-electron chi connectivity index (χ3n) is 18.3. The summed E-state index contributed by atoms with van der Waals surface area (Å²) in [5.41, 5.74) is 11.9. The molecule has 0 N–H and O–H groups in total. The first kappa shape index (κ1) is 62.3. The highest BCUT2D eigenvalue weighted by Crippen LogP contribution is 2.50. The molecule has 0 saturated heterocycles. The molecule has 12 aromatic rings. The van der Waals surface area contributed by atoms with Gasteiger partial charge in [-0.25, -0.2) is 24.4 Å². The lowest BCUT2D eigenvalue weighted by atomic mass is 9.84. The van der Waals surface area contributed by atoms with Crippen molar-refractivity contribution < 1.29 is 0 Å². The fourth-order valence-corrected chi connectivity index (χ4v) is 12.9. The van der Waals surface area contributed by atoms with Crippen LogP contribution in [0.5, 0.6) is 0 Å². The highest BCUT2D eigenvalue weighted by atomic mass is 15.2. The minimum absolute atomic E-state index is 0.120. The van der Waals surface area contributed by atoms with E-state index in [1.165, 1.54) is 0 Å². The van der Waals surface area contributed by atoms with Gasteiger partial charge < -0.3 is 9.13 Å². The van der Waals surface area contributed by atoms with Crippen molar-refractivity contribution in [2.45, 2.75) is 157 Å². The zero-order chi connectivity index (χ0) is 67.1. The molecule has 0 aliphatic carbocycles. The Hall–Kier alpha value is -10.9. The second-order valence-corrected chi connectivity index (χ2v) is 30.9. The Bertz CT molecular complexity index is 5000. The first-order valence-electron chi connectivity index (χ1n) is 31.4. The summed E-state index contributed by atoms with van der Waals surface area (Å²) in [6.07, 6.45) is 0. The Balaban J connectivity index is 1.29. The predicted molar refractivity (Wildman–Crippen MR) is 380 cm³/mol. The van der Waals surface area contributed by atoms with Gasteiger partial charge in [-0.3, -0.25) is 4.57 Å². The molecule has 4 heterocycles. The van der Waals surface area contributed by atoms with Gasteiger partial charge in [-0.05, 0) is 114 Å². The number of hydrogen-bond donors (Lipinski definition) is 0. The second-order valence-electron chi connectivity index (χ2n) is 30.9. The molecule has 12 nitrogen and oxygen atoms in total. The first-order valence-corrected chi connectivity index (χ1v) is 31.4. The standard InChI is InChI=1S/C81H74N12/c1-76(2,3)47-31-45(43-82)67-55(33-47)57-35-49(78(7,8)9)39-61(84-19)69(57)91(67)65-29-25-23-27-53(65)73-88-74(90-75(89-73)93-68-46(44-83)32-48(77(4,5)6)34-56(68)58-36-50(79(10,11)12)42-64(87-22)72(58)93)54-28-24-26-30-66(54)92-70-59(37-51(80(13,14)15)40-62(70)85-20)60-38-52(81(16,17)18)41-63(86-21)71(60)92/h23-42H,1-18H3. The van der Waals surface area contributed by atoms with E-state index in [-0.39, 0.29) is 50.1 Å². The van der Waals surface area contributed by atoms with E-state index in [0.29, 0.717) is 89.5 Å². The Morgan fingerprint density at radius 1 is 0.323 bits per heavy atom. The van der Waals surface area contributed by atoms with Crippen molar-refractivity contribution in [1.29, 1.82) is 10.5 Å². The monoisotopic (exact) mass is 1210 g/mol. The molecular formula is C81H74N12. The van der Waals surface area contributed by atoms with Crippen LogP contribution in [0.15, 0.2) is 121 Å². The van der Waals surface area contributed by atoms with Gasteiger partial charge >= 0.3 is 0 Å². The van der Waals surface area contributed by atoms with Crippen LogP contribution >= 0.6 is 0 Å². The summed E-state index contributed by atoms with van der Waals surface area (Å²) in [5, 5.41) is 27.7. The Morgan fingerprint density at radius 3 is 0.849 bits per heavy atom. The van der Waals surface area contributed by atoms with E-state index in [0.717, 1.165) is 65.7 Å². The summed E-state index contributed by atoms with van der Waals surface area (Å²) in [7, 11) is 0. The Kier molecular flexibility index (Phi) is 14.3. The number of hydrogen-bond acceptors (Lipinski definition) is 5. The van der Waals surface area contributed by atoms with Crippen LogP contribution in [0.25, 0.3) is 125 Å². The smallest absolute Gasteiger partial charge is 0.237 e. The molecule has 0 aliphatic heterocycles. The molecule has 12 rings (SSSR count).